The lowest BCUT2D eigenvalue weighted by Gasteiger charge is -2.17. The van der Waals surface area contributed by atoms with Crippen molar-refractivity contribution in [2.75, 3.05) is 32.8 Å². The molecule has 10 heteroatoms. The van der Waals surface area contributed by atoms with E-state index in [0.29, 0.717) is 17.9 Å². The van der Waals surface area contributed by atoms with Crippen LogP contribution in [0.3, 0.4) is 0 Å². The lowest BCUT2D eigenvalue weighted by molar-refractivity contribution is -0.121. The molecule has 1 aliphatic heterocycles. The number of anilines is 1. The number of hydrogen-bond donors (Lipinski definition) is 1. The fourth-order valence-electron chi connectivity index (χ4n) is 3.32. The summed E-state index contributed by atoms with van der Waals surface area (Å²) in [4.78, 5) is 24.9. The zero-order valence-corrected chi connectivity index (χ0v) is 18.3. The van der Waals surface area contributed by atoms with Gasteiger partial charge in [-0.25, -0.2) is 13.1 Å². The summed E-state index contributed by atoms with van der Waals surface area (Å²) in [6.07, 6.45) is 0.623. The van der Waals surface area contributed by atoms with E-state index in [4.69, 9.17) is 14.2 Å². The van der Waals surface area contributed by atoms with E-state index >= 15 is 0 Å². The third-order valence-corrected chi connectivity index (χ3v) is 6.38. The van der Waals surface area contributed by atoms with Crippen LogP contribution in [0.1, 0.15) is 18.4 Å². The molecule has 0 spiro atoms. The minimum absolute atomic E-state index is 0.108. The molecule has 1 N–H and O–H groups in total. The molecule has 0 unspecified atom stereocenters. The van der Waals surface area contributed by atoms with Gasteiger partial charge in [0.1, 0.15) is 10.6 Å². The van der Waals surface area contributed by atoms with Crippen molar-refractivity contribution < 1.29 is 32.2 Å². The fraction of sp³-hybridized carbons (Fsp3) is 0.333. The zero-order chi connectivity index (χ0) is 22.6. The maximum absolute atomic E-state index is 12.9. The van der Waals surface area contributed by atoms with Crippen molar-refractivity contribution in [3.8, 4) is 17.2 Å². The molecule has 0 aromatic heterocycles. The van der Waals surface area contributed by atoms with Crippen LogP contribution in [0.15, 0.2) is 41.3 Å². The number of rotatable bonds is 9. The zero-order valence-electron chi connectivity index (χ0n) is 17.5. The highest BCUT2D eigenvalue weighted by atomic mass is 32.2. The van der Waals surface area contributed by atoms with Crippen molar-refractivity contribution in [3.05, 3.63) is 42.0 Å². The Balaban J connectivity index is 1.79. The van der Waals surface area contributed by atoms with Gasteiger partial charge < -0.3 is 14.2 Å². The Kier molecular flexibility index (Phi) is 6.81. The van der Waals surface area contributed by atoms with Crippen molar-refractivity contribution in [3.63, 3.8) is 0 Å². The second kappa shape index (κ2) is 9.36. The van der Waals surface area contributed by atoms with Crippen LogP contribution >= 0.6 is 0 Å². The quantitative estimate of drug-likeness (QED) is 0.583. The monoisotopic (exact) mass is 448 g/mol. The van der Waals surface area contributed by atoms with Crippen LogP contribution in [0, 0.1) is 0 Å². The predicted molar refractivity (Wildman–Crippen MR) is 113 cm³/mol. The maximum Gasteiger partial charge on any atom is 0.244 e. The van der Waals surface area contributed by atoms with E-state index in [1.54, 1.807) is 12.1 Å². The second-order valence-electron chi connectivity index (χ2n) is 6.80. The summed E-state index contributed by atoms with van der Waals surface area (Å²) in [7, 11) is 0.447. The Labute approximate surface area is 181 Å². The van der Waals surface area contributed by atoms with Crippen LogP contribution in [0.2, 0.25) is 0 Å². The third kappa shape index (κ3) is 4.80. The smallest absolute Gasteiger partial charge is 0.244 e. The first-order valence-electron chi connectivity index (χ1n) is 9.55. The molecular formula is C21H24N2O7S. The summed E-state index contributed by atoms with van der Waals surface area (Å²) in [5, 5.41) is 0. The summed E-state index contributed by atoms with van der Waals surface area (Å²) in [5.74, 6) is 0.526. The van der Waals surface area contributed by atoms with Crippen molar-refractivity contribution >= 4 is 27.5 Å². The number of methoxy groups -OCH3 is 3. The Morgan fingerprint density at radius 3 is 2.10 bits per heavy atom. The molecule has 0 radical (unpaired) electrons. The molecule has 2 aromatic rings. The van der Waals surface area contributed by atoms with E-state index in [9.17, 15) is 18.0 Å². The van der Waals surface area contributed by atoms with Crippen LogP contribution in [0.5, 0.6) is 17.2 Å². The number of nitrogens with one attached hydrogen (secondary N) is 1. The third-order valence-electron chi connectivity index (χ3n) is 4.90. The standard InChI is InChI=1S/C21H24N2O7S/c1-28-16-6-4-14(12-18(16)30-3)10-11-22-31(26,27)19-13-15(5-7-17(19)29-2)23-20(24)8-9-21(23)25/h4-7,12-13,22H,8-11H2,1-3H3. The van der Waals surface area contributed by atoms with E-state index in [1.165, 1.54) is 39.5 Å². The summed E-state index contributed by atoms with van der Waals surface area (Å²) < 4.78 is 44.0. The predicted octanol–water partition coefficient (Wildman–Crippen LogP) is 1.89. The van der Waals surface area contributed by atoms with Crippen molar-refractivity contribution in [2.24, 2.45) is 0 Å². The van der Waals surface area contributed by atoms with E-state index in [1.807, 2.05) is 6.07 Å². The van der Waals surface area contributed by atoms with Crippen molar-refractivity contribution in [1.82, 2.24) is 4.72 Å². The average molecular weight is 448 g/mol. The number of amides is 2. The number of imide groups is 1. The first-order chi connectivity index (χ1) is 14.8. The molecule has 0 bridgehead atoms. The normalized spacial score (nSPS) is 14.1. The lowest BCUT2D eigenvalue weighted by atomic mass is 10.1. The minimum atomic E-state index is -3.97. The van der Waals surface area contributed by atoms with Gasteiger partial charge in [-0.2, -0.15) is 0 Å². The second-order valence-corrected chi connectivity index (χ2v) is 8.53. The van der Waals surface area contributed by atoms with Crippen LogP contribution in [0.4, 0.5) is 5.69 Å². The number of carbonyl (C=O) groups excluding carboxylic acids is 2. The molecule has 1 fully saturated rings. The topological polar surface area (TPSA) is 111 Å². The fourth-order valence-corrected chi connectivity index (χ4v) is 4.54. The first kappa shape index (κ1) is 22.6. The van der Waals surface area contributed by atoms with Gasteiger partial charge in [-0.05, 0) is 42.3 Å². The van der Waals surface area contributed by atoms with Gasteiger partial charge in [-0.3, -0.25) is 14.5 Å². The van der Waals surface area contributed by atoms with Gasteiger partial charge >= 0.3 is 0 Å². The van der Waals surface area contributed by atoms with Gasteiger partial charge in [0.15, 0.2) is 11.5 Å². The van der Waals surface area contributed by atoms with Crippen LogP contribution < -0.4 is 23.8 Å². The molecule has 2 aromatic carbocycles. The number of sulfonamides is 1. The summed E-state index contributed by atoms with van der Waals surface area (Å²) in [6, 6.07) is 9.54. The number of ether oxygens (including phenoxy) is 3. The first-order valence-corrected chi connectivity index (χ1v) is 11.0. The van der Waals surface area contributed by atoms with Gasteiger partial charge in [-0.15, -0.1) is 0 Å². The van der Waals surface area contributed by atoms with Gasteiger partial charge in [0.2, 0.25) is 21.8 Å². The molecule has 1 aliphatic rings. The molecule has 1 heterocycles. The molecule has 166 valence electrons. The molecule has 0 saturated carbocycles. The number of hydrogen-bond acceptors (Lipinski definition) is 7. The summed E-state index contributed by atoms with van der Waals surface area (Å²) in [6.45, 7) is 0.118. The average Bonchev–Trinajstić information content (AvgIpc) is 3.10. The molecule has 2 amide bonds. The number of carbonyl (C=O) groups is 2. The Morgan fingerprint density at radius 1 is 0.871 bits per heavy atom. The van der Waals surface area contributed by atoms with Crippen molar-refractivity contribution in [1.29, 1.82) is 0 Å². The Bertz CT molecular complexity index is 1080. The largest absolute Gasteiger partial charge is 0.495 e. The van der Waals surface area contributed by atoms with Crippen LogP contribution in [-0.4, -0.2) is 48.1 Å². The van der Waals surface area contributed by atoms with Gasteiger partial charge in [-0.1, -0.05) is 6.07 Å². The minimum Gasteiger partial charge on any atom is -0.495 e. The highest BCUT2D eigenvalue weighted by molar-refractivity contribution is 7.89. The molecule has 3 rings (SSSR count). The molecule has 0 aliphatic carbocycles. The Hall–Kier alpha value is -3.11. The summed E-state index contributed by atoms with van der Waals surface area (Å²) in [5.41, 5.74) is 1.06. The van der Waals surface area contributed by atoms with E-state index in [-0.39, 0.29) is 47.5 Å². The molecular weight excluding hydrogens is 424 g/mol. The molecule has 31 heavy (non-hydrogen) atoms. The van der Waals surface area contributed by atoms with Gasteiger partial charge in [0, 0.05) is 19.4 Å². The Morgan fingerprint density at radius 2 is 1.48 bits per heavy atom. The van der Waals surface area contributed by atoms with Crippen LogP contribution in [0.25, 0.3) is 0 Å². The SMILES string of the molecule is COc1ccc(CCNS(=O)(=O)c2cc(N3C(=O)CCC3=O)ccc2OC)cc1OC. The highest BCUT2D eigenvalue weighted by Gasteiger charge is 2.32. The van der Waals surface area contributed by atoms with Gasteiger partial charge in [0.25, 0.3) is 0 Å². The molecule has 0 atom stereocenters. The van der Waals surface area contributed by atoms with E-state index in [0.717, 1.165) is 10.5 Å². The van der Waals surface area contributed by atoms with E-state index in [2.05, 4.69) is 4.72 Å². The van der Waals surface area contributed by atoms with Crippen LogP contribution in [-0.2, 0) is 26.0 Å². The molecule has 9 nitrogen and oxygen atoms in total. The van der Waals surface area contributed by atoms with E-state index < -0.39 is 10.0 Å². The maximum atomic E-state index is 12.9. The number of nitrogens with zero attached hydrogens (tertiary/aromatic N) is 1. The number of benzene rings is 2. The lowest BCUT2D eigenvalue weighted by Crippen LogP contribution is -2.30. The van der Waals surface area contributed by atoms with Gasteiger partial charge in [0.05, 0.1) is 27.0 Å². The van der Waals surface area contributed by atoms with Crippen molar-refractivity contribution in [2.45, 2.75) is 24.2 Å². The highest BCUT2D eigenvalue weighted by Crippen LogP contribution is 2.31. The molecule has 1 saturated heterocycles. The summed E-state index contributed by atoms with van der Waals surface area (Å²) >= 11 is 0.